The van der Waals surface area contributed by atoms with Crippen LogP contribution in [0.5, 0.6) is 0 Å². The lowest BCUT2D eigenvalue weighted by Crippen LogP contribution is -2.51. The number of aliphatic imine (C=N–C) groups is 1. The molecule has 24 heavy (non-hydrogen) atoms. The smallest absolute Gasteiger partial charge is 0.225 e. The Bertz CT molecular complexity index is 638. The molecule has 1 fully saturated rings. The standard InChI is InChI=1S/C16H22N8/c17-15(20-9-8-19-14-2-6-18-7-3-14)23-10-12-24(13-11-23)16-21-4-1-5-22-16/h1-7H,8-13H2,(H2,17,20)(H,18,19). The SMILES string of the molecule is NC(=NCCNc1ccncc1)N1CCN(c2ncccn2)CC1. The second-order valence-corrected chi connectivity index (χ2v) is 5.43. The lowest BCUT2D eigenvalue weighted by molar-refractivity contribution is 0.378. The van der Waals surface area contributed by atoms with Crippen LogP contribution in [0.15, 0.2) is 48.0 Å². The lowest BCUT2D eigenvalue weighted by atomic mass is 10.3. The van der Waals surface area contributed by atoms with Crippen LogP contribution in [0.4, 0.5) is 11.6 Å². The van der Waals surface area contributed by atoms with E-state index >= 15 is 0 Å². The molecule has 0 amide bonds. The highest BCUT2D eigenvalue weighted by molar-refractivity contribution is 5.78. The number of hydrogen-bond acceptors (Lipinski definition) is 6. The van der Waals surface area contributed by atoms with Gasteiger partial charge in [-0.15, -0.1) is 0 Å². The molecule has 0 unspecified atom stereocenters. The van der Waals surface area contributed by atoms with Crippen LogP contribution >= 0.6 is 0 Å². The van der Waals surface area contributed by atoms with Gasteiger partial charge in [0, 0.05) is 63.2 Å². The quantitative estimate of drug-likeness (QED) is 0.467. The Balaban J connectivity index is 1.42. The fourth-order valence-corrected chi connectivity index (χ4v) is 2.53. The van der Waals surface area contributed by atoms with E-state index in [-0.39, 0.29) is 0 Å². The molecule has 1 aliphatic heterocycles. The van der Waals surface area contributed by atoms with E-state index in [9.17, 15) is 0 Å². The highest BCUT2D eigenvalue weighted by Gasteiger charge is 2.19. The molecule has 0 aliphatic carbocycles. The fraction of sp³-hybridized carbons (Fsp3) is 0.375. The highest BCUT2D eigenvalue weighted by atomic mass is 15.4. The van der Waals surface area contributed by atoms with Crippen LogP contribution in [0, 0.1) is 0 Å². The second-order valence-electron chi connectivity index (χ2n) is 5.43. The van der Waals surface area contributed by atoms with Crippen molar-refractivity contribution in [3.05, 3.63) is 43.0 Å². The van der Waals surface area contributed by atoms with Gasteiger partial charge < -0.3 is 20.9 Å². The summed E-state index contributed by atoms with van der Waals surface area (Å²) in [6, 6.07) is 5.68. The maximum Gasteiger partial charge on any atom is 0.225 e. The summed E-state index contributed by atoms with van der Waals surface area (Å²) < 4.78 is 0. The van der Waals surface area contributed by atoms with E-state index in [0.717, 1.165) is 44.4 Å². The van der Waals surface area contributed by atoms with Gasteiger partial charge in [0.1, 0.15) is 0 Å². The molecule has 126 valence electrons. The predicted octanol–water partition coefficient (Wildman–Crippen LogP) is 0.420. The Labute approximate surface area is 141 Å². The molecule has 0 spiro atoms. The van der Waals surface area contributed by atoms with E-state index in [0.29, 0.717) is 12.5 Å². The number of aromatic nitrogens is 3. The Hall–Kier alpha value is -2.90. The summed E-state index contributed by atoms with van der Waals surface area (Å²) in [6.45, 7) is 4.71. The van der Waals surface area contributed by atoms with Crippen molar-refractivity contribution in [2.45, 2.75) is 0 Å². The molecule has 8 nitrogen and oxygen atoms in total. The maximum atomic E-state index is 6.10. The Morgan fingerprint density at radius 1 is 1.08 bits per heavy atom. The Morgan fingerprint density at radius 2 is 1.79 bits per heavy atom. The summed E-state index contributed by atoms with van der Waals surface area (Å²) in [6.07, 6.45) is 7.05. The average molecular weight is 326 g/mol. The number of nitrogens with two attached hydrogens (primary N) is 1. The molecule has 0 atom stereocenters. The van der Waals surface area contributed by atoms with Gasteiger partial charge in [0.25, 0.3) is 0 Å². The minimum atomic E-state index is 0.597. The molecule has 3 rings (SSSR count). The third-order valence-electron chi connectivity index (χ3n) is 3.83. The van der Waals surface area contributed by atoms with E-state index in [1.54, 1.807) is 24.8 Å². The number of piperazine rings is 1. The normalized spacial score (nSPS) is 15.4. The van der Waals surface area contributed by atoms with E-state index < -0.39 is 0 Å². The van der Waals surface area contributed by atoms with Crippen LogP contribution in [-0.2, 0) is 0 Å². The molecule has 1 saturated heterocycles. The molecule has 8 heteroatoms. The maximum absolute atomic E-state index is 6.10. The number of nitrogens with one attached hydrogen (secondary N) is 1. The first kappa shape index (κ1) is 16.0. The summed E-state index contributed by atoms with van der Waals surface area (Å²) in [4.78, 5) is 21.3. The largest absolute Gasteiger partial charge is 0.383 e. The number of rotatable bonds is 5. The topological polar surface area (TPSA) is 95.6 Å². The molecule has 1 aliphatic rings. The van der Waals surface area contributed by atoms with Crippen molar-refractivity contribution >= 4 is 17.6 Å². The summed E-state index contributed by atoms with van der Waals surface area (Å²) >= 11 is 0. The average Bonchev–Trinajstić information content (AvgIpc) is 2.67. The summed E-state index contributed by atoms with van der Waals surface area (Å²) in [7, 11) is 0. The number of pyridine rings is 1. The van der Waals surface area contributed by atoms with Crippen molar-refractivity contribution in [2.75, 3.05) is 49.5 Å². The van der Waals surface area contributed by atoms with Crippen LogP contribution < -0.4 is 16.0 Å². The first-order valence-electron chi connectivity index (χ1n) is 8.03. The van der Waals surface area contributed by atoms with Gasteiger partial charge in [-0.25, -0.2) is 9.97 Å². The minimum absolute atomic E-state index is 0.597. The summed E-state index contributed by atoms with van der Waals surface area (Å²) in [5.41, 5.74) is 7.14. The molecule has 2 aromatic rings. The Morgan fingerprint density at radius 3 is 2.50 bits per heavy atom. The number of hydrogen-bond donors (Lipinski definition) is 2. The summed E-state index contributed by atoms with van der Waals surface area (Å²) in [5, 5.41) is 3.29. The minimum Gasteiger partial charge on any atom is -0.383 e. The predicted molar refractivity (Wildman–Crippen MR) is 95.0 cm³/mol. The molecule has 2 aromatic heterocycles. The number of guanidine groups is 1. The molecule has 3 heterocycles. The highest BCUT2D eigenvalue weighted by Crippen LogP contribution is 2.09. The van der Waals surface area contributed by atoms with Crippen LogP contribution in [0.25, 0.3) is 0 Å². The van der Waals surface area contributed by atoms with Gasteiger partial charge in [0.2, 0.25) is 5.95 Å². The van der Waals surface area contributed by atoms with Gasteiger partial charge in [0.05, 0.1) is 6.54 Å². The van der Waals surface area contributed by atoms with Crippen molar-refractivity contribution in [1.29, 1.82) is 0 Å². The molecular formula is C16H22N8. The van der Waals surface area contributed by atoms with Crippen molar-refractivity contribution in [3.63, 3.8) is 0 Å². The van der Waals surface area contributed by atoms with E-state index in [4.69, 9.17) is 5.73 Å². The van der Waals surface area contributed by atoms with E-state index in [1.807, 2.05) is 18.2 Å². The zero-order valence-electron chi connectivity index (χ0n) is 13.5. The Kier molecular flexibility index (Phi) is 5.39. The van der Waals surface area contributed by atoms with Crippen LogP contribution in [0.2, 0.25) is 0 Å². The van der Waals surface area contributed by atoms with Gasteiger partial charge >= 0.3 is 0 Å². The van der Waals surface area contributed by atoms with E-state index in [1.165, 1.54) is 0 Å². The van der Waals surface area contributed by atoms with Gasteiger partial charge in [-0.3, -0.25) is 9.98 Å². The fourth-order valence-electron chi connectivity index (χ4n) is 2.53. The second kappa shape index (κ2) is 8.09. The summed E-state index contributed by atoms with van der Waals surface area (Å²) in [5.74, 6) is 1.37. The first-order valence-corrected chi connectivity index (χ1v) is 8.03. The monoisotopic (exact) mass is 326 g/mol. The van der Waals surface area contributed by atoms with Crippen LogP contribution in [0.1, 0.15) is 0 Å². The van der Waals surface area contributed by atoms with Gasteiger partial charge in [0.15, 0.2) is 5.96 Å². The molecule has 3 N–H and O–H groups in total. The number of nitrogens with zero attached hydrogens (tertiary/aromatic N) is 6. The third-order valence-corrected chi connectivity index (χ3v) is 3.83. The van der Waals surface area contributed by atoms with Crippen molar-refractivity contribution in [3.8, 4) is 0 Å². The zero-order valence-corrected chi connectivity index (χ0v) is 13.5. The van der Waals surface area contributed by atoms with Crippen molar-refractivity contribution < 1.29 is 0 Å². The molecule has 0 bridgehead atoms. The van der Waals surface area contributed by atoms with Gasteiger partial charge in [-0.1, -0.05) is 0 Å². The molecule has 0 aromatic carbocycles. The molecule has 0 radical (unpaired) electrons. The van der Waals surface area contributed by atoms with Crippen molar-refractivity contribution in [2.24, 2.45) is 10.7 Å². The zero-order chi connectivity index (χ0) is 16.6. The van der Waals surface area contributed by atoms with Gasteiger partial charge in [-0.05, 0) is 18.2 Å². The lowest BCUT2D eigenvalue weighted by Gasteiger charge is -2.35. The molecular weight excluding hydrogens is 304 g/mol. The van der Waals surface area contributed by atoms with Crippen LogP contribution in [-0.4, -0.2) is 65.1 Å². The van der Waals surface area contributed by atoms with Gasteiger partial charge in [-0.2, -0.15) is 0 Å². The van der Waals surface area contributed by atoms with Crippen molar-refractivity contribution in [1.82, 2.24) is 19.9 Å². The number of anilines is 2. The first-order chi connectivity index (χ1) is 11.8. The van der Waals surface area contributed by atoms with Crippen LogP contribution in [0.3, 0.4) is 0 Å². The van der Waals surface area contributed by atoms with E-state index in [2.05, 4.69) is 35.1 Å². The molecule has 0 saturated carbocycles. The third kappa shape index (κ3) is 4.31.